The minimum Gasteiger partial charge on any atom is -0.341 e. The van der Waals surface area contributed by atoms with E-state index in [0.29, 0.717) is 11.6 Å². The van der Waals surface area contributed by atoms with Gasteiger partial charge in [0.05, 0.1) is 0 Å². The molecule has 1 fully saturated rings. The van der Waals surface area contributed by atoms with E-state index in [1.54, 1.807) is 12.3 Å². The third-order valence-corrected chi connectivity index (χ3v) is 3.06. The predicted octanol–water partition coefficient (Wildman–Crippen LogP) is 1.97. The van der Waals surface area contributed by atoms with Crippen LogP contribution in [-0.2, 0) is 0 Å². The van der Waals surface area contributed by atoms with Gasteiger partial charge in [-0.1, -0.05) is 6.92 Å². The monoisotopic (exact) mass is 216 g/mol. The van der Waals surface area contributed by atoms with Gasteiger partial charge in [0.1, 0.15) is 11.8 Å². The first-order valence-electron chi connectivity index (χ1n) is 5.77. The van der Waals surface area contributed by atoms with Crippen LogP contribution in [0.5, 0.6) is 0 Å². The van der Waals surface area contributed by atoms with Gasteiger partial charge in [0.15, 0.2) is 0 Å². The van der Waals surface area contributed by atoms with Crippen LogP contribution < -0.4 is 4.90 Å². The van der Waals surface area contributed by atoms with Gasteiger partial charge < -0.3 is 4.90 Å². The molecule has 1 aromatic heterocycles. The molecule has 0 radical (unpaired) electrons. The maximum absolute atomic E-state index is 8.80. The van der Waals surface area contributed by atoms with Crippen LogP contribution in [0.15, 0.2) is 12.3 Å². The average Bonchev–Trinajstić information content (AvgIpc) is 2.54. The average molecular weight is 216 g/mol. The molecule has 0 saturated carbocycles. The summed E-state index contributed by atoms with van der Waals surface area (Å²) in [5.74, 6) is 1.48. The normalized spacial score (nSPS) is 21.2. The summed E-state index contributed by atoms with van der Waals surface area (Å²) in [6.07, 6.45) is 5.30. The molecule has 0 spiro atoms. The highest BCUT2D eigenvalue weighted by atomic mass is 15.2. The van der Waals surface area contributed by atoms with Gasteiger partial charge in [0, 0.05) is 19.3 Å². The zero-order valence-corrected chi connectivity index (χ0v) is 9.56. The molecular formula is C12H16N4. The van der Waals surface area contributed by atoms with Crippen molar-refractivity contribution in [3.63, 3.8) is 0 Å². The largest absolute Gasteiger partial charge is 0.341 e. The van der Waals surface area contributed by atoms with E-state index in [1.165, 1.54) is 19.3 Å². The first-order chi connectivity index (χ1) is 7.79. The second-order valence-corrected chi connectivity index (χ2v) is 4.38. The van der Waals surface area contributed by atoms with E-state index in [0.717, 1.165) is 19.0 Å². The molecule has 84 valence electrons. The Balaban J connectivity index is 2.14. The van der Waals surface area contributed by atoms with Gasteiger partial charge in [-0.2, -0.15) is 5.26 Å². The highest BCUT2D eigenvalue weighted by Crippen LogP contribution is 2.19. The Morgan fingerprint density at radius 2 is 2.31 bits per heavy atom. The Morgan fingerprint density at radius 3 is 3.12 bits per heavy atom. The van der Waals surface area contributed by atoms with Gasteiger partial charge in [-0.3, -0.25) is 0 Å². The van der Waals surface area contributed by atoms with E-state index >= 15 is 0 Å². The smallest absolute Gasteiger partial charge is 0.226 e. The summed E-state index contributed by atoms with van der Waals surface area (Å²) in [5.41, 5.74) is 0.447. The lowest BCUT2D eigenvalue weighted by Gasteiger charge is -2.19. The molecular weight excluding hydrogens is 200 g/mol. The molecule has 16 heavy (non-hydrogen) atoms. The van der Waals surface area contributed by atoms with Crippen LogP contribution in [0.1, 0.15) is 31.9 Å². The Labute approximate surface area is 95.9 Å². The number of anilines is 1. The van der Waals surface area contributed by atoms with Gasteiger partial charge >= 0.3 is 0 Å². The summed E-state index contributed by atoms with van der Waals surface area (Å²) < 4.78 is 0. The van der Waals surface area contributed by atoms with Crippen molar-refractivity contribution in [1.29, 1.82) is 5.26 Å². The predicted molar refractivity (Wildman–Crippen MR) is 62.0 cm³/mol. The minimum absolute atomic E-state index is 0.447. The lowest BCUT2D eigenvalue weighted by atomic mass is 10.0. The van der Waals surface area contributed by atoms with Crippen LogP contribution in [0.25, 0.3) is 0 Å². The molecule has 4 nitrogen and oxygen atoms in total. The summed E-state index contributed by atoms with van der Waals surface area (Å²) in [6, 6.07) is 3.70. The van der Waals surface area contributed by atoms with E-state index in [-0.39, 0.29) is 0 Å². The van der Waals surface area contributed by atoms with E-state index in [4.69, 9.17) is 5.26 Å². The van der Waals surface area contributed by atoms with Gasteiger partial charge in [-0.15, -0.1) is 0 Å². The molecule has 4 heteroatoms. The zero-order valence-electron chi connectivity index (χ0n) is 9.56. The molecule has 1 saturated heterocycles. The third-order valence-electron chi connectivity index (χ3n) is 3.06. The molecule has 1 aromatic rings. The van der Waals surface area contributed by atoms with Crippen molar-refractivity contribution in [1.82, 2.24) is 9.97 Å². The molecule has 1 aliphatic rings. The van der Waals surface area contributed by atoms with Crippen molar-refractivity contribution in [2.45, 2.75) is 26.2 Å². The fourth-order valence-electron chi connectivity index (χ4n) is 2.03. The number of hydrogen-bond donors (Lipinski definition) is 0. The number of aromatic nitrogens is 2. The fraction of sp³-hybridized carbons (Fsp3) is 0.583. The van der Waals surface area contributed by atoms with Crippen LogP contribution in [0.2, 0.25) is 0 Å². The highest BCUT2D eigenvalue weighted by molar-refractivity contribution is 5.33. The Morgan fingerprint density at radius 1 is 1.44 bits per heavy atom. The number of hydrogen-bond acceptors (Lipinski definition) is 4. The molecule has 0 N–H and O–H groups in total. The molecule has 1 aliphatic heterocycles. The SMILES string of the molecule is CC1CCCN(c2nccc(C#N)n2)CC1. The second kappa shape index (κ2) is 4.93. The minimum atomic E-state index is 0.447. The molecule has 1 unspecified atom stereocenters. The summed E-state index contributed by atoms with van der Waals surface area (Å²) in [4.78, 5) is 10.7. The molecule has 0 bridgehead atoms. The molecule has 2 rings (SSSR count). The van der Waals surface area contributed by atoms with E-state index < -0.39 is 0 Å². The Bertz CT molecular complexity index is 396. The molecule has 0 aliphatic carbocycles. The number of rotatable bonds is 1. The van der Waals surface area contributed by atoms with Crippen molar-refractivity contribution in [3.05, 3.63) is 18.0 Å². The van der Waals surface area contributed by atoms with Crippen molar-refractivity contribution in [2.75, 3.05) is 18.0 Å². The molecule has 0 amide bonds. The van der Waals surface area contributed by atoms with E-state index in [9.17, 15) is 0 Å². The van der Waals surface area contributed by atoms with Crippen molar-refractivity contribution in [3.8, 4) is 6.07 Å². The first-order valence-corrected chi connectivity index (χ1v) is 5.77. The quantitative estimate of drug-likeness (QED) is 0.720. The lowest BCUT2D eigenvalue weighted by Crippen LogP contribution is -2.26. The third kappa shape index (κ3) is 2.48. The zero-order chi connectivity index (χ0) is 11.4. The molecule has 1 atom stereocenters. The summed E-state index contributed by atoms with van der Waals surface area (Å²) in [6.45, 7) is 4.28. The van der Waals surface area contributed by atoms with E-state index in [1.807, 2.05) is 0 Å². The Hall–Kier alpha value is -1.63. The summed E-state index contributed by atoms with van der Waals surface area (Å²) in [5, 5.41) is 8.80. The maximum atomic E-state index is 8.80. The topological polar surface area (TPSA) is 52.8 Å². The number of nitrogens with zero attached hydrogens (tertiary/aromatic N) is 4. The van der Waals surface area contributed by atoms with Crippen LogP contribution in [0.4, 0.5) is 5.95 Å². The number of nitriles is 1. The van der Waals surface area contributed by atoms with E-state index in [2.05, 4.69) is 27.9 Å². The van der Waals surface area contributed by atoms with Gasteiger partial charge in [0.25, 0.3) is 0 Å². The van der Waals surface area contributed by atoms with Crippen molar-refractivity contribution >= 4 is 5.95 Å². The molecule has 0 aromatic carbocycles. The maximum Gasteiger partial charge on any atom is 0.226 e. The van der Waals surface area contributed by atoms with Gasteiger partial charge in [-0.25, -0.2) is 9.97 Å². The first kappa shape index (κ1) is 10.9. The Kier molecular flexibility index (Phi) is 3.35. The van der Waals surface area contributed by atoms with Gasteiger partial charge in [-0.05, 0) is 31.2 Å². The molecule has 2 heterocycles. The fourth-order valence-corrected chi connectivity index (χ4v) is 2.03. The van der Waals surface area contributed by atoms with Crippen molar-refractivity contribution < 1.29 is 0 Å². The highest BCUT2D eigenvalue weighted by Gasteiger charge is 2.16. The van der Waals surface area contributed by atoms with Crippen molar-refractivity contribution in [2.24, 2.45) is 5.92 Å². The van der Waals surface area contributed by atoms with Crippen LogP contribution in [0, 0.1) is 17.2 Å². The van der Waals surface area contributed by atoms with Crippen LogP contribution >= 0.6 is 0 Å². The van der Waals surface area contributed by atoms with Crippen LogP contribution in [-0.4, -0.2) is 23.1 Å². The standard InChI is InChI=1S/C12H16N4/c1-10-3-2-7-16(8-5-10)12-14-6-4-11(9-13)15-12/h4,6,10H,2-3,5,7-8H2,1H3. The van der Waals surface area contributed by atoms with Gasteiger partial charge in [0.2, 0.25) is 5.95 Å². The van der Waals surface area contributed by atoms with Crippen LogP contribution in [0.3, 0.4) is 0 Å². The summed E-state index contributed by atoms with van der Waals surface area (Å²) in [7, 11) is 0. The summed E-state index contributed by atoms with van der Waals surface area (Å²) >= 11 is 0. The second-order valence-electron chi connectivity index (χ2n) is 4.38. The lowest BCUT2D eigenvalue weighted by molar-refractivity contribution is 0.521.